The zero-order valence-electron chi connectivity index (χ0n) is 16.5. The number of nitrogens with zero attached hydrogens (tertiary/aromatic N) is 3. The molecule has 1 fully saturated rings. The molecule has 2 heterocycles. The predicted molar refractivity (Wildman–Crippen MR) is 112 cm³/mol. The third kappa shape index (κ3) is 3.79. The normalized spacial score (nSPS) is 13.7. The van der Waals surface area contributed by atoms with Gasteiger partial charge in [-0.1, -0.05) is 18.2 Å². The lowest BCUT2D eigenvalue weighted by molar-refractivity contribution is 0.0951. The molecule has 1 aliphatic rings. The highest BCUT2D eigenvalue weighted by atomic mass is 16.1. The van der Waals surface area contributed by atoms with Gasteiger partial charge in [-0.15, -0.1) is 0 Å². The molecule has 5 heteroatoms. The van der Waals surface area contributed by atoms with Crippen LogP contribution in [-0.2, 0) is 6.54 Å². The maximum Gasteiger partial charge on any atom is 0.251 e. The summed E-state index contributed by atoms with van der Waals surface area (Å²) in [7, 11) is 0. The fourth-order valence-corrected chi connectivity index (χ4v) is 3.85. The number of hydrogen-bond donors (Lipinski definition) is 1. The number of hydrogen-bond acceptors (Lipinski definition) is 3. The summed E-state index contributed by atoms with van der Waals surface area (Å²) in [5, 5.41) is 7.56. The van der Waals surface area contributed by atoms with Crippen LogP contribution < -0.4 is 10.2 Å². The summed E-state index contributed by atoms with van der Waals surface area (Å²) in [6.45, 7) is 6.73. The Hall–Kier alpha value is -3.08. The lowest BCUT2D eigenvalue weighted by atomic mass is 10.1. The first-order chi connectivity index (χ1) is 13.6. The smallest absolute Gasteiger partial charge is 0.251 e. The van der Waals surface area contributed by atoms with Crippen molar-refractivity contribution in [1.82, 2.24) is 15.1 Å². The zero-order chi connectivity index (χ0) is 19.5. The number of benzene rings is 2. The second-order valence-electron chi connectivity index (χ2n) is 7.39. The van der Waals surface area contributed by atoms with Crippen molar-refractivity contribution < 1.29 is 4.79 Å². The molecule has 1 saturated heterocycles. The van der Waals surface area contributed by atoms with Gasteiger partial charge in [0.2, 0.25) is 0 Å². The van der Waals surface area contributed by atoms with Crippen LogP contribution in [0.1, 0.15) is 40.2 Å². The van der Waals surface area contributed by atoms with Crippen LogP contribution in [0.4, 0.5) is 5.69 Å². The first-order valence-corrected chi connectivity index (χ1v) is 9.86. The summed E-state index contributed by atoms with van der Waals surface area (Å²) in [6, 6.07) is 18.0. The molecule has 0 unspecified atom stereocenters. The highest BCUT2D eigenvalue weighted by molar-refractivity contribution is 5.94. The van der Waals surface area contributed by atoms with E-state index < -0.39 is 0 Å². The average molecular weight is 374 g/mol. The number of anilines is 1. The van der Waals surface area contributed by atoms with Crippen LogP contribution >= 0.6 is 0 Å². The van der Waals surface area contributed by atoms with Gasteiger partial charge in [-0.3, -0.25) is 4.79 Å². The van der Waals surface area contributed by atoms with Crippen LogP contribution in [0.2, 0.25) is 0 Å². The molecular formula is C23H26N4O. The summed E-state index contributed by atoms with van der Waals surface area (Å²) in [5.41, 5.74) is 6.08. The predicted octanol–water partition coefficient (Wildman–Crippen LogP) is 4.02. The quantitative estimate of drug-likeness (QED) is 0.734. The van der Waals surface area contributed by atoms with Gasteiger partial charge in [-0.2, -0.15) is 5.10 Å². The monoisotopic (exact) mass is 374 g/mol. The Kier molecular flexibility index (Phi) is 5.15. The number of carbonyl (C=O) groups is 1. The van der Waals surface area contributed by atoms with Crippen molar-refractivity contribution in [2.45, 2.75) is 33.2 Å². The lowest BCUT2D eigenvalue weighted by Gasteiger charge is -2.21. The molecule has 3 aromatic rings. The number of rotatable bonds is 5. The van der Waals surface area contributed by atoms with Crippen molar-refractivity contribution in [3.63, 3.8) is 0 Å². The minimum Gasteiger partial charge on any atom is -0.371 e. The van der Waals surface area contributed by atoms with Crippen LogP contribution in [0.25, 0.3) is 5.69 Å². The van der Waals surface area contributed by atoms with Crippen LogP contribution in [-0.4, -0.2) is 28.8 Å². The van der Waals surface area contributed by atoms with Crippen molar-refractivity contribution in [2.75, 3.05) is 18.0 Å². The number of amides is 1. The Morgan fingerprint density at radius 1 is 1.04 bits per heavy atom. The number of para-hydroxylation sites is 1. The van der Waals surface area contributed by atoms with Gasteiger partial charge >= 0.3 is 0 Å². The highest BCUT2D eigenvalue weighted by Crippen LogP contribution is 2.24. The molecule has 0 spiro atoms. The fraction of sp³-hybridized carbons (Fsp3) is 0.304. The summed E-state index contributed by atoms with van der Waals surface area (Å²) >= 11 is 0. The summed E-state index contributed by atoms with van der Waals surface area (Å²) in [5.74, 6) is -0.0591. The number of nitrogens with one attached hydrogen (secondary N) is 1. The largest absolute Gasteiger partial charge is 0.371 e. The van der Waals surface area contributed by atoms with E-state index in [4.69, 9.17) is 0 Å². The molecule has 0 radical (unpaired) electrons. The summed E-state index contributed by atoms with van der Waals surface area (Å²) in [4.78, 5) is 15.0. The van der Waals surface area contributed by atoms with Gasteiger partial charge in [0.25, 0.3) is 5.91 Å². The SMILES string of the molecule is Cc1cc(C)n(-c2ccc(C(=O)NCc3ccccc3N3CCCC3)cc2)n1. The van der Waals surface area contributed by atoms with E-state index >= 15 is 0 Å². The average Bonchev–Trinajstić information content (AvgIpc) is 3.36. The molecule has 0 atom stereocenters. The topological polar surface area (TPSA) is 50.2 Å². The molecule has 2 aromatic carbocycles. The van der Waals surface area contributed by atoms with Gasteiger partial charge in [0.15, 0.2) is 0 Å². The van der Waals surface area contributed by atoms with E-state index in [1.807, 2.05) is 54.9 Å². The minimum absolute atomic E-state index is 0.0591. The van der Waals surface area contributed by atoms with E-state index in [0.717, 1.165) is 35.7 Å². The number of carbonyl (C=O) groups excluding carboxylic acids is 1. The first-order valence-electron chi connectivity index (χ1n) is 9.86. The van der Waals surface area contributed by atoms with E-state index in [1.165, 1.54) is 18.5 Å². The Bertz CT molecular complexity index is 969. The zero-order valence-corrected chi connectivity index (χ0v) is 16.5. The van der Waals surface area contributed by atoms with Crippen LogP contribution in [0, 0.1) is 13.8 Å². The third-order valence-corrected chi connectivity index (χ3v) is 5.26. The van der Waals surface area contributed by atoms with Gasteiger partial charge in [-0.25, -0.2) is 4.68 Å². The van der Waals surface area contributed by atoms with Crippen LogP contribution in [0.5, 0.6) is 0 Å². The second kappa shape index (κ2) is 7.89. The van der Waals surface area contributed by atoms with E-state index in [2.05, 4.69) is 33.5 Å². The van der Waals surface area contributed by atoms with Crippen molar-refractivity contribution in [3.8, 4) is 5.69 Å². The molecular weight excluding hydrogens is 348 g/mol. The van der Waals surface area contributed by atoms with Crippen LogP contribution in [0.3, 0.4) is 0 Å². The fourth-order valence-electron chi connectivity index (χ4n) is 3.85. The van der Waals surface area contributed by atoms with Crippen molar-refractivity contribution in [1.29, 1.82) is 0 Å². The lowest BCUT2D eigenvalue weighted by Crippen LogP contribution is -2.25. The van der Waals surface area contributed by atoms with Crippen molar-refractivity contribution in [2.24, 2.45) is 0 Å². The Labute approximate surface area is 166 Å². The highest BCUT2D eigenvalue weighted by Gasteiger charge is 2.16. The maximum atomic E-state index is 12.6. The molecule has 1 aromatic heterocycles. The van der Waals surface area contributed by atoms with Gasteiger partial charge in [-0.05, 0) is 68.7 Å². The van der Waals surface area contributed by atoms with Crippen LogP contribution in [0.15, 0.2) is 54.6 Å². The molecule has 1 aliphatic heterocycles. The van der Waals surface area contributed by atoms with Crippen molar-refractivity contribution in [3.05, 3.63) is 77.1 Å². The molecule has 5 nitrogen and oxygen atoms in total. The minimum atomic E-state index is -0.0591. The Balaban J connectivity index is 1.44. The Morgan fingerprint density at radius 2 is 1.75 bits per heavy atom. The standard InChI is InChI=1S/C23H26N4O/c1-17-15-18(2)27(25-17)21-11-9-19(10-12-21)23(28)24-16-20-7-3-4-8-22(20)26-13-5-6-14-26/h3-4,7-12,15H,5-6,13-14,16H2,1-2H3,(H,24,28). The molecule has 144 valence electrons. The van der Waals surface area contributed by atoms with E-state index in [1.54, 1.807) is 0 Å². The first kappa shape index (κ1) is 18.3. The molecule has 0 aliphatic carbocycles. The summed E-state index contributed by atoms with van der Waals surface area (Å²) in [6.07, 6.45) is 2.48. The van der Waals surface area contributed by atoms with Gasteiger partial charge < -0.3 is 10.2 Å². The molecule has 0 saturated carbocycles. The Morgan fingerprint density at radius 3 is 2.43 bits per heavy atom. The molecule has 1 N–H and O–H groups in total. The molecule has 0 bridgehead atoms. The van der Waals surface area contributed by atoms with Gasteiger partial charge in [0.1, 0.15) is 0 Å². The summed E-state index contributed by atoms with van der Waals surface area (Å²) < 4.78 is 1.89. The third-order valence-electron chi connectivity index (χ3n) is 5.26. The van der Waals surface area contributed by atoms with Gasteiger partial charge in [0.05, 0.1) is 11.4 Å². The van der Waals surface area contributed by atoms with Crippen molar-refractivity contribution >= 4 is 11.6 Å². The molecule has 1 amide bonds. The molecule has 28 heavy (non-hydrogen) atoms. The van der Waals surface area contributed by atoms with E-state index in [9.17, 15) is 4.79 Å². The van der Waals surface area contributed by atoms with E-state index in [0.29, 0.717) is 12.1 Å². The maximum absolute atomic E-state index is 12.6. The number of aromatic nitrogens is 2. The number of aryl methyl sites for hydroxylation is 2. The second-order valence-corrected chi connectivity index (χ2v) is 7.39. The van der Waals surface area contributed by atoms with E-state index in [-0.39, 0.29) is 5.91 Å². The molecule has 4 rings (SSSR count). The van der Waals surface area contributed by atoms with Gasteiger partial charge in [0, 0.05) is 36.6 Å².